The lowest BCUT2D eigenvalue weighted by molar-refractivity contribution is -0.384. The first-order chi connectivity index (χ1) is 15.7. The van der Waals surface area contributed by atoms with Crippen molar-refractivity contribution in [3.05, 3.63) is 57.1 Å². The van der Waals surface area contributed by atoms with Gasteiger partial charge in [-0.15, -0.1) is 0 Å². The van der Waals surface area contributed by atoms with Crippen LogP contribution in [0.4, 0.5) is 20.2 Å². The molecule has 1 amide bonds. The van der Waals surface area contributed by atoms with Crippen molar-refractivity contribution >= 4 is 17.3 Å². The summed E-state index contributed by atoms with van der Waals surface area (Å²) in [7, 11) is 0. The zero-order valence-corrected chi connectivity index (χ0v) is 18.8. The molecule has 178 valence electrons. The van der Waals surface area contributed by atoms with E-state index in [1.165, 1.54) is 12.1 Å². The number of hydrogen-bond acceptors (Lipinski definition) is 6. The van der Waals surface area contributed by atoms with Crippen LogP contribution in [0.5, 0.6) is 11.5 Å². The van der Waals surface area contributed by atoms with Crippen molar-refractivity contribution in [1.29, 1.82) is 0 Å². The van der Waals surface area contributed by atoms with E-state index in [1.54, 1.807) is 32.0 Å². The molecule has 1 aliphatic carbocycles. The molecule has 0 unspecified atom stereocenters. The molecule has 1 fully saturated rings. The SMILES string of the molecule is CCOc1cc(CN(CC(=O)Nc2c([N+](=O)[O-])ccc(C)c2C)C2CC2)ccc1OC(F)F. The second-order valence-electron chi connectivity index (χ2n) is 7.94. The highest BCUT2D eigenvalue weighted by Gasteiger charge is 2.31. The van der Waals surface area contributed by atoms with E-state index in [1.807, 2.05) is 11.8 Å². The monoisotopic (exact) mass is 463 g/mol. The minimum absolute atomic E-state index is 0.0362. The maximum Gasteiger partial charge on any atom is 0.387 e. The minimum Gasteiger partial charge on any atom is -0.490 e. The Morgan fingerprint density at radius 2 is 1.97 bits per heavy atom. The van der Waals surface area contributed by atoms with Gasteiger partial charge in [0.1, 0.15) is 5.69 Å². The highest BCUT2D eigenvalue weighted by molar-refractivity contribution is 5.95. The van der Waals surface area contributed by atoms with Crippen molar-refractivity contribution in [3.8, 4) is 11.5 Å². The molecule has 0 aromatic heterocycles. The molecule has 0 spiro atoms. The van der Waals surface area contributed by atoms with E-state index >= 15 is 0 Å². The van der Waals surface area contributed by atoms with Gasteiger partial charge in [-0.2, -0.15) is 8.78 Å². The third kappa shape index (κ3) is 6.38. The fourth-order valence-corrected chi connectivity index (χ4v) is 3.58. The van der Waals surface area contributed by atoms with Crippen LogP contribution in [0.25, 0.3) is 0 Å². The zero-order valence-electron chi connectivity index (χ0n) is 18.8. The Kier molecular flexibility index (Phi) is 7.80. The van der Waals surface area contributed by atoms with E-state index in [9.17, 15) is 23.7 Å². The van der Waals surface area contributed by atoms with Gasteiger partial charge in [-0.3, -0.25) is 19.8 Å². The highest BCUT2D eigenvalue weighted by atomic mass is 19.3. The van der Waals surface area contributed by atoms with Gasteiger partial charge in [0.25, 0.3) is 5.69 Å². The second kappa shape index (κ2) is 10.6. The average Bonchev–Trinajstić information content (AvgIpc) is 3.58. The summed E-state index contributed by atoms with van der Waals surface area (Å²) in [5.41, 5.74) is 2.31. The number of aryl methyl sites for hydroxylation is 1. The number of carbonyl (C=O) groups is 1. The van der Waals surface area contributed by atoms with E-state index < -0.39 is 11.5 Å². The molecule has 0 saturated heterocycles. The molecular weight excluding hydrogens is 436 g/mol. The molecule has 0 bridgehead atoms. The highest BCUT2D eigenvalue weighted by Crippen LogP contribution is 2.34. The first-order valence-corrected chi connectivity index (χ1v) is 10.7. The lowest BCUT2D eigenvalue weighted by atomic mass is 10.1. The molecule has 2 aromatic carbocycles. The van der Waals surface area contributed by atoms with Crippen LogP contribution >= 0.6 is 0 Å². The van der Waals surface area contributed by atoms with E-state index in [-0.39, 0.29) is 48.0 Å². The van der Waals surface area contributed by atoms with E-state index in [4.69, 9.17) is 4.74 Å². The molecule has 0 heterocycles. The molecule has 10 heteroatoms. The van der Waals surface area contributed by atoms with E-state index in [2.05, 4.69) is 10.1 Å². The third-order valence-electron chi connectivity index (χ3n) is 5.49. The summed E-state index contributed by atoms with van der Waals surface area (Å²) < 4.78 is 35.2. The number of nitro groups is 1. The largest absolute Gasteiger partial charge is 0.490 e. The molecular formula is C23H27F2N3O5. The number of nitro benzene ring substituents is 1. The minimum atomic E-state index is -2.96. The Hall–Kier alpha value is -3.27. The number of benzene rings is 2. The number of hydrogen-bond donors (Lipinski definition) is 1. The second-order valence-corrected chi connectivity index (χ2v) is 7.94. The molecule has 1 saturated carbocycles. The van der Waals surface area contributed by atoms with Crippen LogP contribution in [0.15, 0.2) is 30.3 Å². The van der Waals surface area contributed by atoms with Gasteiger partial charge in [-0.25, -0.2) is 0 Å². The number of ether oxygens (including phenoxy) is 2. The van der Waals surface area contributed by atoms with Crippen molar-refractivity contribution in [2.75, 3.05) is 18.5 Å². The van der Waals surface area contributed by atoms with Crippen molar-refractivity contribution < 1.29 is 28.0 Å². The molecule has 33 heavy (non-hydrogen) atoms. The summed E-state index contributed by atoms with van der Waals surface area (Å²) in [5, 5.41) is 14.1. The Morgan fingerprint density at radius 1 is 1.24 bits per heavy atom. The number of anilines is 1. The van der Waals surface area contributed by atoms with Gasteiger partial charge < -0.3 is 14.8 Å². The molecule has 1 aliphatic rings. The first-order valence-electron chi connectivity index (χ1n) is 10.7. The van der Waals surface area contributed by atoms with Gasteiger partial charge in [0.15, 0.2) is 11.5 Å². The smallest absolute Gasteiger partial charge is 0.387 e. The number of alkyl halides is 2. The van der Waals surface area contributed by atoms with Crippen molar-refractivity contribution in [1.82, 2.24) is 4.90 Å². The fourth-order valence-electron chi connectivity index (χ4n) is 3.58. The van der Waals surface area contributed by atoms with Crippen molar-refractivity contribution in [2.24, 2.45) is 0 Å². The number of halogens is 2. The van der Waals surface area contributed by atoms with Gasteiger partial charge in [-0.1, -0.05) is 12.1 Å². The summed E-state index contributed by atoms with van der Waals surface area (Å²) in [6.07, 6.45) is 1.86. The number of nitrogens with zero attached hydrogens (tertiary/aromatic N) is 2. The molecule has 0 radical (unpaired) electrons. The average molecular weight is 463 g/mol. The number of nitrogens with one attached hydrogen (secondary N) is 1. The maximum absolute atomic E-state index is 12.8. The fraction of sp³-hybridized carbons (Fsp3) is 0.435. The van der Waals surface area contributed by atoms with Gasteiger partial charge in [0.05, 0.1) is 18.1 Å². The molecule has 1 N–H and O–H groups in total. The predicted octanol–water partition coefficient (Wildman–Crippen LogP) is 4.81. The lowest BCUT2D eigenvalue weighted by Crippen LogP contribution is -2.34. The summed E-state index contributed by atoms with van der Waals surface area (Å²) in [6.45, 7) is 3.04. The zero-order chi connectivity index (χ0) is 24.1. The number of amides is 1. The van der Waals surface area contributed by atoms with Gasteiger partial charge in [-0.05, 0) is 62.4 Å². The summed E-state index contributed by atoms with van der Waals surface area (Å²) in [6, 6.07) is 7.95. The Bertz CT molecular complexity index is 1030. The summed E-state index contributed by atoms with van der Waals surface area (Å²) in [4.78, 5) is 25.7. The molecule has 8 nitrogen and oxygen atoms in total. The summed E-state index contributed by atoms with van der Waals surface area (Å²) >= 11 is 0. The van der Waals surface area contributed by atoms with Crippen LogP contribution in [0.3, 0.4) is 0 Å². The Labute approximate surface area is 190 Å². The quantitative estimate of drug-likeness (QED) is 0.380. The summed E-state index contributed by atoms with van der Waals surface area (Å²) in [5.74, 6) is -0.198. The van der Waals surface area contributed by atoms with E-state index in [0.717, 1.165) is 24.0 Å². The molecule has 0 aliphatic heterocycles. The van der Waals surface area contributed by atoms with Gasteiger partial charge >= 0.3 is 6.61 Å². The molecule has 2 aromatic rings. The molecule has 0 atom stereocenters. The van der Waals surface area contributed by atoms with Crippen LogP contribution in [0, 0.1) is 24.0 Å². The normalized spacial score (nSPS) is 13.3. The first kappa shape index (κ1) is 24.4. The topological polar surface area (TPSA) is 93.9 Å². The van der Waals surface area contributed by atoms with Crippen molar-refractivity contribution in [3.63, 3.8) is 0 Å². The standard InChI is InChI=1S/C23H27F2N3O5/c1-4-32-20-11-16(6-10-19(20)33-23(24)25)12-27(17-7-8-17)13-21(29)26-22-15(3)14(2)5-9-18(22)28(30)31/h5-6,9-11,17,23H,4,7-8,12-13H2,1-3H3,(H,26,29). The Morgan fingerprint density at radius 3 is 2.58 bits per heavy atom. The van der Waals surface area contributed by atoms with E-state index in [0.29, 0.717) is 12.1 Å². The van der Waals surface area contributed by atoms with Crippen LogP contribution < -0.4 is 14.8 Å². The van der Waals surface area contributed by atoms with Crippen LogP contribution in [0.1, 0.15) is 36.5 Å². The predicted molar refractivity (Wildman–Crippen MR) is 119 cm³/mol. The number of rotatable bonds is 11. The molecule has 3 rings (SSSR count). The third-order valence-corrected chi connectivity index (χ3v) is 5.49. The Balaban J connectivity index is 1.75. The maximum atomic E-state index is 12.8. The van der Waals surface area contributed by atoms with Crippen molar-refractivity contribution in [2.45, 2.75) is 52.8 Å². The number of carbonyl (C=O) groups excluding carboxylic acids is 1. The van der Waals surface area contributed by atoms with Crippen LogP contribution in [-0.2, 0) is 11.3 Å². The van der Waals surface area contributed by atoms with Crippen LogP contribution in [0.2, 0.25) is 0 Å². The lowest BCUT2D eigenvalue weighted by Gasteiger charge is -2.22. The van der Waals surface area contributed by atoms with Crippen LogP contribution in [-0.4, -0.2) is 41.5 Å². The van der Waals surface area contributed by atoms with Gasteiger partial charge in [0, 0.05) is 18.7 Å². The van der Waals surface area contributed by atoms with Gasteiger partial charge in [0.2, 0.25) is 5.91 Å².